The molecule has 1 N–H and O–H groups in total. The number of nitrogens with zero attached hydrogens (tertiary/aromatic N) is 2. The third-order valence-electron chi connectivity index (χ3n) is 5.05. The highest BCUT2D eigenvalue weighted by molar-refractivity contribution is 5.35. The molecule has 140 valence electrons. The summed E-state index contributed by atoms with van der Waals surface area (Å²) in [6.45, 7) is 6.19. The van der Waals surface area contributed by atoms with Crippen LogP contribution in [0.5, 0.6) is 5.75 Å². The molecule has 1 atom stereocenters. The average Bonchev–Trinajstić information content (AvgIpc) is 2.92. The molecule has 1 aromatic heterocycles. The van der Waals surface area contributed by atoms with Gasteiger partial charge in [-0.25, -0.2) is 9.37 Å². The van der Waals surface area contributed by atoms with E-state index in [1.165, 1.54) is 6.07 Å². The number of H-pyrrole nitrogens is 1. The van der Waals surface area contributed by atoms with Crippen LogP contribution >= 0.6 is 0 Å². The molecule has 1 unspecified atom stereocenters. The molecule has 0 saturated carbocycles. The topological polar surface area (TPSA) is 41.2 Å². The van der Waals surface area contributed by atoms with Crippen LogP contribution in [0, 0.1) is 12.7 Å². The molecule has 1 aliphatic rings. The Hall–Kier alpha value is -2.66. The smallest absolute Gasteiger partial charge is 0.139 e. The van der Waals surface area contributed by atoms with E-state index in [1.807, 2.05) is 24.3 Å². The molecule has 0 saturated heterocycles. The van der Waals surface area contributed by atoms with Crippen LogP contribution in [0.2, 0.25) is 0 Å². The number of para-hydroxylation sites is 1. The molecule has 0 bridgehead atoms. The van der Waals surface area contributed by atoms with Gasteiger partial charge >= 0.3 is 0 Å². The van der Waals surface area contributed by atoms with Crippen molar-refractivity contribution in [3.05, 3.63) is 82.7 Å². The van der Waals surface area contributed by atoms with Crippen molar-refractivity contribution in [2.75, 3.05) is 6.54 Å². The molecule has 4 rings (SSSR count). The molecule has 2 heterocycles. The second kappa shape index (κ2) is 7.53. The fourth-order valence-electron chi connectivity index (χ4n) is 3.59. The molecule has 0 radical (unpaired) electrons. The van der Waals surface area contributed by atoms with Crippen LogP contribution in [-0.2, 0) is 19.5 Å². The number of aromatic nitrogens is 2. The number of benzene rings is 2. The number of aromatic amines is 1. The van der Waals surface area contributed by atoms with E-state index in [1.54, 1.807) is 12.1 Å². The lowest BCUT2D eigenvalue weighted by Gasteiger charge is -2.24. The van der Waals surface area contributed by atoms with Gasteiger partial charge in [-0.2, -0.15) is 0 Å². The van der Waals surface area contributed by atoms with Crippen molar-refractivity contribution < 1.29 is 9.13 Å². The van der Waals surface area contributed by atoms with Gasteiger partial charge in [0.2, 0.25) is 0 Å². The second-order valence-electron chi connectivity index (χ2n) is 7.01. The summed E-state index contributed by atoms with van der Waals surface area (Å²) in [6.07, 6.45) is 0.518. The Morgan fingerprint density at radius 2 is 1.96 bits per heavy atom. The normalized spacial score (nSPS) is 17.2. The monoisotopic (exact) mass is 365 g/mol. The number of imidazole rings is 1. The van der Waals surface area contributed by atoms with Gasteiger partial charge in [0.05, 0.1) is 5.69 Å². The van der Waals surface area contributed by atoms with Crippen LogP contribution < -0.4 is 4.74 Å². The number of hydrogen-bond donors (Lipinski definition) is 1. The molecule has 0 amide bonds. The van der Waals surface area contributed by atoms with Crippen molar-refractivity contribution >= 4 is 0 Å². The molecule has 3 aromatic rings. The van der Waals surface area contributed by atoms with Gasteiger partial charge in [0.15, 0.2) is 0 Å². The standard InChI is InChI=1S/C22H24FN3O/c1-3-22-24-15(2)19(25-22)13-26-12-16-8-4-7-11-20(16)27-21(14-26)17-9-5-6-10-18(17)23/h4-11,21H,3,12-14H2,1-2H3,(H,24,25). The molecular formula is C22H24FN3O. The molecule has 1 aliphatic heterocycles. The van der Waals surface area contributed by atoms with Crippen molar-refractivity contribution in [3.63, 3.8) is 0 Å². The number of ether oxygens (including phenoxy) is 1. The summed E-state index contributed by atoms with van der Waals surface area (Å²) in [6, 6.07) is 14.9. The minimum Gasteiger partial charge on any atom is -0.484 e. The molecule has 0 aliphatic carbocycles. The lowest BCUT2D eigenvalue weighted by atomic mass is 10.1. The molecule has 4 nitrogen and oxygen atoms in total. The van der Waals surface area contributed by atoms with Crippen LogP contribution in [-0.4, -0.2) is 21.4 Å². The van der Waals surface area contributed by atoms with Crippen LogP contribution in [0.25, 0.3) is 0 Å². The van der Waals surface area contributed by atoms with Crippen LogP contribution in [0.3, 0.4) is 0 Å². The molecular weight excluding hydrogens is 341 g/mol. The first-order valence-corrected chi connectivity index (χ1v) is 9.39. The van der Waals surface area contributed by atoms with Gasteiger partial charge in [0, 0.05) is 42.9 Å². The lowest BCUT2D eigenvalue weighted by molar-refractivity contribution is 0.140. The van der Waals surface area contributed by atoms with E-state index in [2.05, 4.69) is 29.8 Å². The first-order chi connectivity index (χ1) is 13.1. The highest BCUT2D eigenvalue weighted by atomic mass is 19.1. The minimum absolute atomic E-state index is 0.231. The summed E-state index contributed by atoms with van der Waals surface area (Å²) in [5.74, 6) is 1.59. The Kier molecular flexibility index (Phi) is 4.94. The summed E-state index contributed by atoms with van der Waals surface area (Å²) in [4.78, 5) is 10.3. The van der Waals surface area contributed by atoms with Gasteiger partial charge in [-0.3, -0.25) is 4.90 Å². The zero-order valence-electron chi connectivity index (χ0n) is 15.7. The average molecular weight is 365 g/mol. The number of fused-ring (bicyclic) bond motifs is 1. The predicted molar refractivity (Wildman–Crippen MR) is 103 cm³/mol. The maximum atomic E-state index is 14.4. The Balaban J connectivity index is 1.67. The van der Waals surface area contributed by atoms with Gasteiger partial charge in [0.1, 0.15) is 23.5 Å². The minimum atomic E-state index is -0.361. The van der Waals surface area contributed by atoms with Gasteiger partial charge < -0.3 is 9.72 Å². The maximum Gasteiger partial charge on any atom is 0.139 e. The molecule has 27 heavy (non-hydrogen) atoms. The van der Waals surface area contributed by atoms with Gasteiger partial charge in [-0.05, 0) is 19.1 Å². The Bertz CT molecular complexity index is 937. The fraction of sp³-hybridized carbons (Fsp3) is 0.318. The Morgan fingerprint density at radius 3 is 2.74 bits per heavy atom. The molecule has 2 aromatic carbocycles. The quantitative estimate of drug-likeness (QED) is 0.737. The molecule has 5 heteroatoms. The summed E-state index contributed by atoms with van der Waals surface area (Å²) in [5.41, 5.74) is 3.83. The number of hydrogen-bond acceptors (Lipinski definition) is 3. The fourth-order valence-corrected chi connectivity index (χ4v) is 3.59. The van der Waals surface area contributed by atoms with Gasteiger partial charge in [-0.15, -0.1) is 0 Å². The van der Waals surface area contributed by atoms with Gasteiger partial charge in [0.25, 0.3) is 0 Å². The van der Waals surface area contributed by atoms with E-state index >= 15 is 0 Å². The van der Waals surface area contributed by atoms with Crippen molar-refractivity contribution in [3.8, 4) is 5.75 Å². The predicted octanol–water partition coefficient (Wildman–Crippen LogP) is 4.56. The van der Waals surface area contributed by atoms with Crippen molar-refractivity contribution in [2.24, 2.45) is 0 Å². The van der Waals surface area contributed by atoms with Crippen LogP contribution in [0.4, 0.5) is 4.39 Å². The summed E-state index contributed by atoms with van der Waals surface area (Å²) < 4.78 is 20.7. The van der Waals surface area contributed by atoms with Crippen molar-refractivity contribution in [1.82, 2.24) is 14.9 Å². The second-order valence-corrected chi connectivity index (χ2v) is 7.01. The van der Waals surface area contributed by atoms with Crippen LogP contribution in [0.1, 0.15) is 41.4 Å². The zero-order chi connectivity index (χ0) is 18.8. The first kappa shape index (κ1) is 17.7. The van der Waals surface area contributed by atoms with E-state index in [4.69, 9.17) is 9.72 Å². The Labute approximate surface area is 159 Å². The van der Waals surface area contributed by atoms with E-state index in [-0.39, 0.29) is 11.9 Å². The number of aryl methyl sites for hydroxylation is 2. The van der Waals surface area contributed by atoms with E-state index in [0.29, 0.717) is 18.7 Å². The summed E-state index contributed by atoms with van der Waals surface area (Å²) in [5, 5.41) is 0. The zero-order valence-corrected chi connectivity index (χ0v) is 15.7. The SMILES string of the molecule is CCc1nc(CN2Cc3ccccc3OC(c3ccccc3F)C2)c(C)[nH]1. The van der Waals surface area contributed by atoms with Crippen molar-refractivity contribution in [1.29, 1.82) is 0 Å². The highest BCUT2D eigenvalue weighted by Gasteiger charge is 2.26. The highest BCUT2D eigenvalue weighted by Crippen LogP contribution is 2.32. The largest absolute Gasteiger partial charge is 0.484 e. The maximum absolute atomic E-state index is 14.4. The van der Waals surface area contributed by atoms with Crippen LogP contribution in [0.15, 0.2) is 48.5 Å². The van der Waals surface area contributed by atoms with E-state index in [0.717, 1.165) is 41.5 Å². The van der Waals surface area contributed by atoms with E-state index in [9.17, 15) is 4.39 Å². The van der Waals surface area contributed by atoms with Crippen molar-refractivity contribution in [2.45, 2.75) is 39.5 Å². The third-order valence-corrected chi connectivity index (χ3v) is 5.05. The molecule has 0 spiro atoms. The lowest BCUT2D eigenvalue weighted by Crippen LogP contribution is -2.28. The summed E-state index contributed by atoms with van der Waals surface area (Å²) in [7, 11) is 0. The number of nitrogens with one attached hydrogen (secondary N) is 1. The van der Waals surface area contributed by atoms with E-state index < -0.39 is 0 Å². The number of halogens is 1. The van der Waals surface area contributed by atoms with Gasteiger partial charge in [-0.1, -0.05) is 43.3 Å². The third kappa shape index (κ3) is 3.74. The Morgan fingerprint density at radius 1 is 1.19 bits per heavy atom. The number of rotatable bonds is 4. The first-order valence-electron chi connectivity index (χ1n) is 9.39. The summed E-state index contributed by atoms with van der Waals surface area (Å²) >= 11 is 0. The molecule has 0 fully saturated rings.